The molecule has 1 aromatic heterocycles. The summed E-state index contributed by atoms with van der Waals surface area (Å²) in [5, 5.41) is 10.1. The first kappa shape index (κ1) is 18.5. The average molecular weight is 375 g/mol. The van der Waals surface area contributed by atoms with E-state index in [9.17, 15) is 0 Å². The predicted octanol–water partition coefficient (Wildman–Crippen LogP) is 2.91. The minimum Gasteiger partial charge on any atom is -0.454 e. The third kappa shape index (κ3) is 5.36. The van der Waals surface area contributed by atoms with E-state index >= 15 is 0 Å². The van der Waals surface area contributed by atoms with E-state index in [1.165, 1.54) is 10.6 Å². The molecule has 0 aliphatic carbocycles. The quantitative estimate of drug-likeness (QED) is 0.422. The highest BCUT2D eigenvalue weighted by Gasteiger charge is 2.12. The van der Waals surface area contributed by atoms with Crippen molar-refractivity contribution in [1.82, 2.24) is 15.6 Å². The minimum absolute atomic E-state index is 0.315. The molecule has 6 nitrogen and oxygen atoms in total. The van der Waals surface area contributed by atoms with Gasteiger partial charge in [-0.3, -0.25) is 4.99 Å². The number of nitrogens with zero attached hydrogens (tertiary/aromatic N) is 2. The van der Waals surface area contributed by atoms with Crippen LogP contribution in [0.4, 0.5) is 0 Å². The second kappa shape index (κ2) is 9.43. The molecule has 0 unspecified atom stereocenters. The fourth-order valence-electron chi connectivity index (χ4n) is 2.77. The fourth-order valence-corrected chi connectivity index (χ4v) is 3.59. The van der Waals surface area contributed by atoms with E-state index < -0.39 is 0 Å². The third-order valence-electron chi connectivity index (χ3n) is 4.14. The Labute approximate surface area is 158 Å². The van der Waals surface area contributed by atoms with Crippen LogP contribution in [0.3, 0.4) is 0 Å². The number of rotatable bonds is 8. The van der Waals surface area contributed by atoms with Crippen molar-refractivity contribution in [3.63, 3.8) is 0 Å². The van der Waals surface area contributed by atoms with Gasteiger partial charge in [-0.2, -0.15) is 0 Å². The van der Waals surface area contributed by atoms with Gasteiger partial charge in [-0.15, -0.1) is 11.3 Å². The maximum Gasteiger partial charge on any atom is 0.231 e. The van der Waals surface area contributed by atoms with Crippen LogP contribution in [0.1, 0.15) is 29.1 Å². The van der Waals surface area contributed by atoms with Gasteiger partial charge in [0.25, 0.3) is 0 Å². The van der Waals surface area contributed by atoms with Gasteiger partial charge in [-0.25, -0.2) is 4.98 Å². The maximum absolute atomic E-state index is 5.41. The third-order valence-corrected chi connectivity index (χ3v) is 5.17. The van der Waals surface area contributed by atoms with Gasteiger partial charge in [0.05, 0.1) is 5.01 Å². The van der Waals surface area contributed by atoms with E-state index in [-0.39, 0.29) is 0 Å². The summed E-state index contributed by atoms with van der Waals surface area (Å²) in [4.78, 5) is 8.77. The van der Waals surface area contributed by atoms with Gasteiger partial charge in [-0.05, 0) is 50.3 Å². The van der Waals surface area contributed by atoms with Crippen molar-refractivity contribution in [2.45, 2.75) is 32.6 Å². The summed E-state index contributed by atoms with van der Waals surface area (Å²) in [5.74, 6) is 2.50. The Hall–Kier alpha value is -2.28. The lowest BCUT2D eigenvalue weighted by molar-refractivity contribution is 0.174. The lowest BCUT2D eigenvalue weighted by Crippen LogP contribution is -2.38. The van der Waals surface area contributed by atoms with E-state index in [0.717, 1.165) is 61.9 Å². The molecule has 1 aliphatic heterocycles. The summed E-state index contributed by atoms with van der Waals surface area (Å²) in [6.07, 6.45) is 4.19. The zero-order valence-electron chi connectivity index (χ0n) is 15.4. The molecule has 0 amide bonds. The van der Waals surface area contributed by atoms with Crippen molar-refractivity contribution in [3.8, 4) is 11.5 Å². The van der Waals surface area contributed by atoms with Crippen LogP contribution in [-0.4, -0.2) is 37.9 Å². The van der Waals surface area contributed by atoms with E-state index in [1.54, 1.807) is 18.4 Å². The van der Waals surface area contributed by atoms with Crippen LogP contribution in [-0.2, 0) is 12.8 Å². The highest BCUT2D eigenvalue weighted by Crippen LogP contribution is 2.32. The summed E-state index contributed by atoms with van der Waals surface area (Å²) >= 11 is 1.75. The number of aliphatic imine (C=N–C) groups is 1. The number of benzene rings is 1. The van der Waals surface area contributed by atoms with Crippen molar-refractivity contribution < 1.29 is 9.47 Å². The van der Waals surface area contributed by atoms with E-state index in [0.29, 0.717) is 6.79 Å². The molecule has 0 saturated carbocycles. The molecule has 0 fully saturated rings. The van der Waals surface area contributed by atoms with E-state index in [2.05, 4.69) is 32.1 Å². The Morgan fingerprint density at radius 2 is 2.00 bits per heavy atom. The van der Waals surface area contributed by atoms with Crippen LogP contribution in [0.5, 0.6) is 11.5 Å². The van der Waals surface area contributed by atoms with Gasteiger partial charge in [0, 0.05) is 31.2 Å². The van der Waals surface area contributed by atoms with Gasteiger partial charge in [0.15, 0.2) is 17.5 Å². The molecule has 2 heterocycles. The monoisotopic (exact) mass is 374 g/mol. The highest BCUT2D eigenvalue weighted by atomic mass is 32.1. The largest absolute Gasteiger partial charge is 0.454 e. The maximum atomic E-state index is 5.41. The molecule has 1 aliphatic rings. The van der Waals surface area contributed by atoms with Crippen LogP contribution < -0.4 is 20.1 Å². The fraction of sp³-hybridized carbons (Fsp3) is 0.474. The van der Waals surface area contributed by atoms with Gasteiger partial charge in [-0.1, -0.05) is 6.07 Å². The summed E-state index contributed by atoms with van der Waals surface area (Å²) in [5.41, 5.74) is 2.34. The first-order chi connectivity index (χ1) is 12.7. The van der Waals surface area contributed by atoms with Crippen LogP contribution in [0.15, 0.2) is 28.6 Å². The number of ether oxygens (including phenoxy) is 2. The van der Waals surface area contributed by atoms with E-state index in [4.69, 9.17) is 9.47 Å². The number of aryl methyl sites for hydroxylation is 2. The lowest BCUT2D eigenvalue weighted by Gasteiger charge is -2.12. The molecule has 0 saturated heterocycles. The molecule has 2 N–H and O–H groups in total. The Morgan fingerprint density at radius 1 is 1.15 bits per heavy atom. The first-order valence-corrected chi connectivity index (χ1v) is 9.86. The number of nitrogens with one attached hydrogen (secondary N) is 2. The van der Waals surface area contributed by atoms with Gasteiger partial charge < -0.3 is 20.1 Å². The van der Waals surface area contributed by atoms with Crippen molar-refractivity contribution >= 4 is 17.3 Å². The van der Waals surface area contributed by atoms with Gasteiger partial charge in [0.1, 0.15) is 0 Å². The summed E-state index contributed by atoms with van der Waals surface area (Å²) in [6, 6.07) is 6.08. The van der Waals surface area contributed by atoms with E-state index in [1.807, 2.05) is 19.1 Å². The smallest absolute Gasteiger partial charge is 0.231 e. The normalized spacial score (nSPS) is 13.1. The van der Waals surface area contributed by atoms with Gasteiger partial charge in [0.2, 0.25) is 6.79 Å². The number of hydrogen-bond acceptors (Lipinski definition) is 5. The predicted molar refractivity (Wildman–Crippen MR) is 105 cm³/mol. The lowest BCUT2D eigenvalue weighted by atomic mass is 10.1. The number of aromatic nitrogens is 1. The minimum atomic E-state index is 0.315. The van der Waals surface area contributed by atoms with Crippen LogP contribution in [0.25, 0.3) is 0 Å². The Balaban J connectivity index is 1.30. The molecule has 0 bridgehead atoms. The molecule has 2 aromatic rings. The Bertz CT molecular complexity index is 745. The average Bonchev–Trinajstić information content (AvgIpc) is 3.28. The second-order valence-electron chi connectivity index (χ2n) is 6.20. The van der Waals surface area contributed by atoms with Gasteiger partial charge >= 0.3 is 0 Å². The molecule has 0 atom stereocenters. The molecular weight excluding hydrogens is 348 g/mol. The number of thiazole rings is 1. The Kier molecular flexibility index (Phi) is 6.71. The first-order valence-electron chi connectivity index (χ1n) is 8.98. The number of guanidine groups is 1. The standard InChI is InChI=1S/C19H26N4O2S/c1-14-12-26-18(23-14)5-3-4-9-21-19(20-2)22-10-8-15-6-7-16-17(11-15)25-13-24-16/h6-7,11-12H,3-5,8-10,13H2,1-2H3,(H2,20,21,22). The SMILES string of the molecule is CN=C(NCCCCc1nc(C)cs1)NCCc1ccc2c(c1)OCO2. The van der Waals surface area contributed by atoms with Crippen LogP contribution in [0, 0.1) is 6.92 Å². The highest BCUT2D eigenvalue weighted by molar-refractivity contribution is 7.09. The van der Waals surface area contributed by atoms with Crippen molar-refractivity contribution in [2.24, 2.45) is 4.99 Å². The molecular formula is C19H26N4O2S. The number of hydrogen-bond donors (Lipinski definition) is 2. The molecule has 3 rings (SSSR count). The molecule has 140 valence electrons. The summed E-state index contributed by atoms with van der Waals surface area (Å²) in [7, 11) is 1.80. The van der Waals surface area contributed by atoms with Crippen LogP contribution in [0.2, 0.25) is 0 Å². The molecule has 1 aromatic carbocycles. The van der Waals surface area contributed by atoms with Crippen molar-refractivity contribution in [2.75, 3.05) is 26.9 Å². The molecule has 7 heteroatoms. The number of unbranched alkanes of at least 4 members (excludes halogenated alkanes) is 1. The molecule has 26 heavy (non-hydrogen) atoms. The summed E-state index contributed by atoms with van der Waals surface area (Å²) in [6.45, 7) is 4.09. The topological polar surface area (TPSA) is 67.8 Å². The zero-order valence-corrected chi connectivity index (χ0v) is 16.2. The molecule has 0 spiro atoms. The Morgan fingerprint density at radius 3 is 2.81 bits per heavy atom. The zero-order chi connectivity index (χ0) is 18.2. The second-order valence-corrected chi connectivity index (χ2v) is 7.15. The van der Waals surface area contributed by atoms with Crippen molar-refractivity contribution in [1.29, 1.82) is 0 Å². The molecule has 0 radical (unpaired) electrons. The van der Waals surface area contributed by atoms with Crippen LogP contribution >= 0.6 is 11.3 Å². The summed E-state index contributed by atoms with van der Waals surface area (Å²) < 4.78 is 10.8. The number of fused-ring (bicyclic) bond motifs is 1. The van der Waals surface area contributed by atoms with Crippen molar-refractivity contribution in [3.05, 3.63) is 39.8 Å².